The van der Waals surface area contributed by atoms with Crippen LogP contribution in [0.1, 0.15) is 32.8 Å². The molecule has 1 rings (SSSR count). The van der Waals surface area contributed by atoms with Crippen molar-refractivity contribution in [3.05, 3.63) is 22.8 Å². The summed E-state index contributed by atoms with van der Waals surface area (Å²) in [7, 11) is 0. The number of hydrogen-bond acceptors (Lipinski definition) is 4. The van der Waals surface area contributed by atoms with Crippen LogP contribution in [0.5, 0.6) is 5.88 Å². The predicted molar refractivity (Wildman–Crippen MR) is 71.3 cm³/mol. The van der Waals surface area contributed by atoms with Crippen LogP contribution in [0.15, 0.2) is 17.4 Å². The molecule has 1 aromatic heterocycles. The number of amidine groups is 1. The fourth-order valence-corrected chi connectivity index (χ4v) is 1.91. The van der Waals surface area contributed by atoms with E-state index in [2.05, 4.69) is 24.0 Å². The van der Waals surface area contributed by atoms with Gasteiger partial charge < -0.3 is 15.7 Å². The second-order valence-electron chi connectivity index (χ2n) is 4.52. The van der Waals surface area contributed by atoms with Crippen molar-refractivity contribution < 1.29 is 9.94 Å². The second kappa shape index (κ2) is 6.44. The minimum atomic E-state index is -0.0660. The minimum Gasteiger partial charge on any atom is -0.474 e. The summed E-state index contributed by atoms with van der Waals surface area (Å²) in [6, 6.07) is 1.57. The van der Waals surface area contributed by atoms with E-state index in [1.54, 1.807) is 6.07 Å². The van der Waals surface area contributed by atoms with E-state index >= 15 is 0 Å². The second-order valence-corrected chi connectivity index (χ2v) is 4.90. The summed E-state index contributed by atoms with van der Waals surface area (Å²) in [5.41, 5.74) is 5.91. The van der Waals surface area contributed by atoms with Crippen molar-refractivity contribution in [1.29, 1.82) is 0 Å². The lowest BCUT2D eigenvalue weighted by molar-refractivity contribution is 0.186. The fourth-order valence-electron chi connectivity index (χ4n) is 1.66. The molecule has 0 aliphatic rings. The highest BCUT2D eigenvalue weighted by atomic mass is 35.5. The first-order chi connectivity index (χ1) is 8.45. The monoisotopic (exact) mass is 271 g/mol. The third-order valence-electron chi connectivity index (χ3n) is 2.36. The summed E-state index contributed by atoms with van der Waals surface area (Å²) in [6.45, 7) is 6.18. The van der Waals surface area contributed by atoms with Gasteiger partial charge in [0.05, 0.1) is 6.10 Å². The fraction of sp³-hybridized carbons (Fsp3) is 0.500. The van der Waals surface area contributed by atoms with Crippen LogP contribution in [0.3, 0.4) is 0 Å². The molecule has 1 unspecified atom stereocenters. The van der Waals surface area contributed by atoms with E-state index in [9.17, 15) is 0 Å². The van der Waals surface area contributed by atoms with Gasteiger partial charge >= 0.3 is 0 Å². The molecule has 6 heteroatoms. The first kappa shape index (κ1) is 14.6. The maximum Gasteiger partial charge on any atom is 0.233 e. The number of aromatic nitrogens is 1. The number of hydrogen-bond donors (Lipinski definition) is 2. The van der Waals surface area contributed by atoms with Crippen molar-refractivity contribution in [3.8, 4) is 5.88 Å². The lowest BCUT2D eigenvalue weighted by atomic mass is 10.1. The van der Waals surface area contributed by atoms with Crippen LogP contribution in [0.25, 0.3) is 0 Å². The van der Waals surface area contributed by atoms with E-state index < -0.39 is 0 Å². The Kier molecular flexibility index (Phi) is 5.22. The topological polar surface area (TPSA) is 80.7 Å². The average molecular weight is 272 g/mol. The molecule has 1 heterocycles. The summed E-state index contributed by atoms with van der Waals surface area (Å²) in [5.74, 6) is 0.753. The van der Waals surface area contributed by atoms with Crippen LogP contribution in [-0.2, 0) is 0 Å². The maximum absolute atomic E-state index is 8.65. The maximum atomic E-state index is 8.65. The molecule has 0 aromatic carbocycles. The number of ether oxygens (including phenoxy) is 1. The zero-order valence-corrected chi connectivity index (χ0v) is 11.5. The standard InChI is InChI=1S/C12H18ClN3O2/c1-7(2)6-8(3)18-12-10(13)9(4-5-15-12)11(14)16-17/h4-5,7-8,17H,6H2,1-3H3,(H2,14,16). The smallest absolute Gasteiger partial charge is 0.233 e. The molecular formula is C12H18ClN3O2. The highest BCUT2D eigenvalue weighted by molar-refractivity contribution is 6.35. The van der Waals surface area contributed by atoms with E-state index in [0.717, 1.165) is 6.42 Å². The van der Waals surface area contributed by atoms with Crippen LogP contribution < -0.4 is 10.5 Å². The van der Waals surface area contributed by atoms with Gasteiger partial charge in [-0.05, 0) is 25.3 Å². The van der Waals surface area contributed by atoms with Crippen molar-refractivity contribution >= 4 is 17.4 Å². The van der Waals surface area contributed by atoms with Crippen LogP contribution in [0.2, 0.25) is 5.02 Å². The van der Waals surface area contributed by atoms with Gasteiger partial charge in [0.25, 0.3) is 0 Å². The largest absolute Gasteiger partial charge is 0.474 e. The molecule has 0 saturated heterocycles. The third kappa shape index (κ3) is 3.77. The molecule has 0 aliphatic heterocycles. The minimum absolute atomic E-state index is 0.00228. The molecule has 1 aromatic rings. The summed E-state index contributed by atoms with van der Waals surface area (Å²) in [6.07, 6.45) is 2.40. The molecule has 100 valence electrons. The molecule has 5 nitrogen and oxygen atoms in total. The van der Waals surface area contributed by atoms with Crippen molar-refractivity contribution in [1.82, 2.24) is 4.98 Å². The van der Waals surface area contributed by atoms with E-state index in [1.807, 2.05) is 6.92 Å². The van der Waals surface area contributed by atoms with Gasteiger partial charge in [-0.3, -0.25) is 0 Å². The molecule has 0 amide bonds. The molecule has 0 aliphatic carbocycles. The van der Waals surface area contributed by atoms with Crippen molar-refractivity contribution in [2.45, 2.75) is 33.3 Å². The highest BCUT2D eigenvalue weighted by Crippen LogP contribution is 2.27. The van der Waals surface area contributed by atoms with Crippen LogP contribution in [-0.4, -0.2) is 22.1 Å². The van der Waals surface area contributed by atoms with E-state index in [0.29, 0.717) is 17.4 Å². The molecule has 1 atom stereocenters. The molecule has 0 saturated carbocycles. The van der Waals surface area contributed by atoms with Gasteiger partial charge in [0.2, 0.25) is 5.88 Å². The molecule has 3 N–H and O–H groups in total. The van der Waals surface area contributed by atoms with E-state index in [4.69, 9.17) is 27.3 Å². The quantitative estimate of drug-likeness (QED) is 0.373. The van der Waals surface area contributed by atoms with Gasteiger partial charge in [-0.1, -0.05) is 30.6 Å². The Morgan fingerprint density at radius 1 is 1.56 bits per heavy atom. The van der Waals surface area contributed by atoms with Gasteiger partial charge in [0, 0.05) is 11.8 Å². The van der Waals surface area contributed by atoms with Gasteiger partial charge in [0.1, 0.15) is 5.02 Å². The Bertz CT molecular complexity index is 435. The number of pyridine rings is 1. The Morgan fingerprint density at radius 3 is 2.78 bits per heavy atom. The van der Waals surface area contributed by atoms with E-state index in [-0.39, 0.29) is 17.0 Å². The van der Waals surface area contributed by atoms with Crippen molar-refractivity contribution in [2.24, 2.45) is 16.8 Å². The highest BCUT2D eigenvalue weighted by Gasteiger charge is 2.15. The third-order valence-corrected chi connectivity index (χ3v) is 2.72. The normalized spacial score (nSPS) is 13.7. The Balaban J connectivity index is 2.91. The summed E-state index contributed by atoms with van der Waals surface area (Å²) in [4.78, 5) is 4.06. The summed E-state index contributed by atoms with van der Waals surface area (Å²) < 4.78 is 5.66. The van der Waals surface area contributed by atoms with Gasteiger partial charge in [-0.15, -0.1) is 0 Å². The van der Waals surface area contributed by atoms with Crippen LogP contribution >= 0.6 is 11.6 Å². The van der Waals surface area contributed by atoms with Crippen LogP contribution in [0, 0.1) is 5.92 Å². The Morgan fingerprint density at radius 2 is 2.22 bits per heavy atom. The van der Waals surface area contributed by atoms with Crippen LogP contribution in [0.4, 0.5) is 0 Å². The number of nitrogens with two attached hydrogens (primary N) is 1. The zero-order valence-electron chi connectivity index (χ0n) is 10.7. The molecule has 0 radical (unpaired) electrons. The first-order valence-corrected chi connectivity index (χ1v) is 6.12. The van der Waals surface area contributed by atoms with Gasteiger partial charge in [-0.2, -0.15) is 0 Å². The molecule has 0 fully saturated rings. The molecule has 0 spiro atoms. The Hall–Kier alpha value is -1.49. The summed E-state index contributed by atoms with van der Waals surface area (Å²) in [5, 5.41) is 11.8. The number of rotatable bonds is 5. The van der Waals surface area contributed by atoms with Gasteiger partial charge in [-0.25, -0.2) is 4.98 Å². The molecule has 0 bridgehead atoms. The number of oxime groups is 1. The first-order valence-electron chi connectivity index (χ1n) is 5.74. The average Bonchev–Trinajstić information content (AvgIpc) is 2.30. The molecular weight excluding hydrogens is 254 g/mol. The SMILES string of the molecule is CC(C)CC(C)Oc1nccc(/C(N)=N/O)c1Cl. The van der Waals surface area contributed by atoms with Crippen molar-refractivity contribution in [2.75, 3.05) is 0 Å². The van der Waals surface area contributed by atoms with Crippen molar-refractivity contribution in [3.63, 3.8) is 0 Å². The predicted octanol–water partition coefficient (Wildman–Crippen LogP) is 2.64. The molecule has 18 heavy (non-hydrogen) atoms. The summed E-state index contributed by atoms with van der Waals surface area (Å²) >= 11 is 6.10. The number of nitrogens with zero attached hydrogens (tertiary/aromatic N) is 2. The lowest BCUT2D eigenvalue weighted by Gasteiger charge is -2.17. The van der Waals surface area contributed by atoms with E-state index in [1.165, 1.54) is 6.20 Å². The lowest BCUT2D eigenvalue weighted by Crippen LogP contribution is -2.18. The number of halogens is 1. The van der Waals surface area contributed by atoms with Gasteiger partial charge in [0.15, 0.2) is 5.84 Å². The Labute approximate surface area is 112 Å². The zero-order chi connectivity index (χ0) is 13.7.